The van der Waals surface area contributed by atoms with Crippen molar-refractivity contribution in [3.8, 4) is 0 Å². The van der Waals surface area contributed by atoms with E-state index in [9.17, 15) is 4.39 Å². The van der Waals surface area contributed by atoms with Gasteiger partial charge in [0.1, 0.15) is 11.8 Å². The highest BCUT2D eigenvalue weighted by Crippen LogP contribution is 2.40. The summed E-state index contributed by atoms with van der Waals surface area (Å²) < 4.78 is 34.4. The van der Waals surface area contributed by atoms with E-state index in [1.165, 1.54) is 0 Å². The van der Waals surface area contributed by atoms with Crippen LogP contribution >= 0.6 is 0 Å². The number of nitrogens with zero attached hydrogens (tertiary/aromatic N) is 4. The van der Waals surface area contributed by atoms with Gasteiger partial charge in [0.05, 0.1) is 32.3 Å². The first-order chi connectivity index (χ1) is 16.5. The van der Waals surface area contributed by atoms with Gasteiger partial charge in [-0.1, -0.05) is 60.7 Å². The van der Waals surface area contributed by atoms with Gasteiger partial charge in [-0.15, -0.1) is 0 Å². The summed E-state index contributed by atoms with van der Waals surface area (Å²) in [6.45, 7) is 3.18. The topological polar surface area (TPSA) is 97.3 Å². The Morgan fingerprint density at radius 2 is 1.74 bits per heavy atom. The predicted octanol–water partition coefficient (Wildman–Crippen LogP) is 4.03. The Balaban J connectivity index is 1.37. The Morgan fingerprint density at radius 1 is 1.06 bits per heavy atom. The number of halogens is 1. The van der Waals surface area contributed by atoms with Gasteiger partial charge >= 0.3 is 6.08 Å². The van der Waals surface area contributed by atoms with E-state index in [0.29, 0.717) is 31.8 Å². The highest BCUT2D eigenvalue weighted by atomic mass is 19.1. The van der Waals surface area contributed by atoms with Gasteiger partial charge in [0.25, 0.3) is 0 Å². The van der Waals surface area contributed by atoms with Gasteiger partial charge in [-0.3, -0.25) is 4.57 Å². The zero-order valence-electron chi connectivity index (χ0n) is 18.8. The molecule has 3 atom stereocenters. The van der Waals surface area contributed by atoms with Crippen LogP contribution in [0.25, 0.3) is 11.2 Å². The quantitative estimate of drug-likeness (QED) is 0.394. The van der Waals surface area contributed by atoms with E-state index in [-0.39, 0.29) is 17.6 Å². The number of imidazole rings is 1. The fourth-order valence-electron chi connectivity index (χ4n) is 4.25. The molecule has 0 unspecified atom stereocenters. The molecule has 2 aromatic heterocycles. The average Bonchev–Trinajstić information content (AvgIpc) is 3.40. The largest absolute Gasteiger partial charge is 0.382 e. The van der Waals surface area contributed by atoms with Crippen LogP contribution in [0.3, 0.4) is 0 Å². The molecule has 1 aliphatic heterocycles. The number of ether oxygens (including phenoxy) is 3. The summed E-state index contributed by atoms with van der Waals surface area (Å²) in [5.41, 5.74) is 7.84. The smallest absolute Gasteiger partial charge is 0.312 e. The molecule has 1 saturated heterocycles. The van der Waals surface area contributed by atoms with Crippen molar-refractivity contribution < 1.29 is 18.6 Å². The normalized spacial score (nSPS) is 22.4. The molecule has 0 spiro atoms. The highest BCUT2D eigenvalue weighted by Gasteiger charge is 2.47. The molecule has 176 valence electrons. The number of nitrogen functional groups attached to an aromatic ring is 1. The molecule has 0 amide bonds. The number of anilines is 1. The molecule has 0 bridgehead atoms. The SMILES string of the molecule is C[C@]1(COCc2ccccc2)O[C@@H](n2cnc3c(N)nc(F)nc32)C[C@@H]1OCc1ccccc1. The van der Waals surface area contributed by atoms with Gasteiger partial charge in [0.2, 0.25) is 0 Å². The summed E-state index contributed by atoms with van der Waals surface area (Å²) in [5, 5.41) is 0. The van der Waals surface area contributed by atoms with E-state index in [2.05, 4.69) is 15.0 Å². The average molecular weight is 464 g/mol. The zero-order valence-corrected chi connectivity index (χ0v) is 18.8. The highest BCUT2D eigenvalue weighted by molar-refractivity contribution is 5.81. The molecular formula is C25H26FN5O3. The molecule has 0 radical (unpaired) electrons. The van der Waals surface area contributed by atoms with Gasteiger partial charge in [-0.05, 0) is 18.1 Å². The monoisotopic (exact) mass is 463 g/mol. The van der Waals surface area contributed by atoms with Crippen LogP contribution in [0.5, 0.6) is 0 Å². The third-order valence-corrected chi connectivity index (χ3v) is 6.03. The molecule has 9 heteroatoms. The minimum Gasteiger partial charge on any atom is -0.382 e. The van der Waals surface area contributed by atoms with E-state index in [1.807, 2.05) is 67.6 Å². The maximum absolute atomic E-state index is 13.9. The second kappa shape index (κ2) is 9.46. The van der Waals surface area contributed by atoms with Gasteiger partial charge in [0, 0.05) is 6.42 Å². The van der Waals surface area contributed by atoms with Crippen LogP contribution < -0.4 is 5.73 Å². The van der Waals surface area contributed by atoms with E-state index >= 15 is 0 Å². The summed E-state index contributed by atoms with van der Waals surface area (Å²) in [5.74, 6) is -0.00918. The van der Waals surface area contributed by atoms with Crippen molar-refractivity contribution in [1.82, 2.24) is 19.5 Å². The maximum atomic E-state index is 13.9. The molecule has 34 heavy (non-hydrogen) atoms. The van der Waals surface area contributed by atoms with Crippen molar-refractivity contribution in [2.75, 3.05) is 12.3 Å². The van der Waals surface area contributed by atoms with E-state index in [1.54, 1.807) is 10.9 Å². The molecule has 3 heterocycles. The first kappa shape index (κ1) is 22.4. The van der Waals surface area contributed by atoms with Crippen LogP contribution in [0.4, 0.5) is 10.2 Å². The Bertz CT molecular complexity index is 1250. The van der Waals surface area contributed by atoms with Gasteiger partial charge in [0.15, 0.2) is 17.0 Å². The van der Waals surface area contributed by atoms with Crippen LogP contribution in [0.1, 0.15) is 30.7 Å². The van der Waals surface area contributed by atoms with Gasteiger partial charge in [-0.2, -0.15) is 14.4 Å². The molecular weight excluding hydrogens is 437 g/mol. The second-order valence-corrected chi connectivity index (χ2v) is 8.59. The van der Waals surface area contributed by atoms with Crippen molar-refractivity contribution in [3.63, 3.8) is 0 Å². The van der Waals surface area contributed by atoms with Crippen LogP contribution in [-0.4, -0.2) is 37.8 Å². The first-order valence-corrected chi connectivity index (χ1v) is 11.1. The lowest BCUT2D eigenvalue weighted by molar-refractivity contribution is -0.145. The molecule has 0 aliphatic carbocycles. The van der Waals surface area contributed by atoms with Crippen molar-refractivity contribution >= 4 is 17.0 Å². The van der Waals surface area contributed by atoms with Crippen LogP contribution in [0.15, 0.2) is 67.0 Å². The lowest BCUT2D eigenvalue weighted by Crippen LogP contribution is -2.42. The minimum absolute atomic E-state index is 0.00918. The lowest BCUT2D eigenvalue weighted by atomic mass is 10.00. The van der Waals surface area contributed by atoms with Crippen LogP contribution in [0.2, 0.25) is 0 Å². The van der Waals surface area contributed by atoms with E-state index in [4.69, 9.17) is 19.9 Å². The number of hydrogen-bond donors (Lipinski definition) is 1. The lowest BCUT2D eigenvalue weighted by Gasteiger charge is -2.30. The fraction of sp³-hybridized carbons (Fsp3) is 0.320. The summed E-state index contributed by atoms with van der Waals surface area (Å²) in [6, 6.07) is 19.9. The Kier molecular flexibility index (Phi) is 6.23. The first-order valence-electron chi connectivity index (χ1n) is 11.1. The number of nitrogens with two attached hydrogens (primary N) is 1. The molecule has 0 saturated carbocycles. The van der Waals surface area contributed by atoms with Crippen molar-refractivity contribution in [3.05, 3.63) is 84.2 Å². The molecule has 4 aromatic rings. The van der Waals surface area contributed by atoms with Crippen LogP contribution in [0, 0.1) is 6.08 Å². The number of hydrogen-bond acceptors (Lipinski definition) is 7. The fourth-order valence-corrected chi connectivity index (χ4v) is 4.25. The number of fused-ring (bicyclic) bond motifs is 1. The summed E-state index contributed by atoms with van der Waals surface area (Å²) in [7, 11) is 0. The zero-order chi connectivity index (χ0) is 23.5. The van der Waals surface area contributed by atoms with Crippen molar-refractivity contribution in [2.45, 2.75) is 44.5 Å². The van der Waals surface area contributed by atoms with Gasteiger partial charge < -0.3 is 19.9 Å². The molecule has 1 fully saturated rings. The van der Waals surface area contributed by atoms with Gasteiger partial charge in [-0.25, -0.2) is 4.98 Å². The number of rotatable bonds is 8. The number of aromatic nitrogens is 4. The molecule has 8 nitrogen and oxygen atoms in total. The van der Waals surface area contributed by atoms with E-state index in [0.717, 1.165) is 11.1 Å². The van der Waals surface area contributed by atoms with Crippen molar-refractivity contribution in [2.24, 2.45) is 0 Å². The third kappa shape index (κ3) is 4.63. The Labute approximate surface area is 196 Å². The second-order valence-electron chi connectivity index (χ2n) is 8.59. The Hall–Kier alpha value is -3.40. The summed E-state index contributed by atoms with van der Waals surface area (Å²) >= 11 is 0. The molecule has 2 aromatic carbocycles. The third-order valence-electron chi connectivity index (χ3n) is 6.03. The summed E-state index contributed by atoms with van der Waals surface area (Å²) in [4.78, 5) is 11.7. The van der Waals surface area contributed by atoms with Crippen molar-refractivity contribution in [1.29, 1.82) is 0 Å². The van der Waals surface area contributed by atoms with Crippen LogP contribution in [-0.2, 0) is 27.4 Å². The predicted molar refractivity (Wildman–Crippen MR) is 124 cm³/mol. The standard InChI is InChI=1S/C25H26FN5O3/c1-25(15-32-13-17-8-4-2-5-9-17)19(33-14-18-10-6-3-7-11-18)12-20(34-25)31-16-28-21-22(27)29-24(26)30-23(21)31/h2-11,16,19-20H,12-15H2,1H3,(H2,27,29,30)/t19-,20+,25+/m0/s1. The molecule has 1 aliphatic rings. The van der Waals surface area contributed by atoms with E-state index < -0.39 is 17.9 Å². The summed E-state index contributed by atoms with van der Waals surface area (Å²) in [6.07, 6.45) is 0.384. The molecule has 5 rings (SSSR count). The maximum Gasteiger partial charge on any atom is 0.312 e. The number of benzene rings is 2. The Morgan fingerprint density at radius 3 is 2.44 bits per heavy atom. The minimum atomic E-state index is -0.907. The molecule has 2 N–H and O–H groups in total.